The second-order valence-electron chi connectivity index (χ2n) is 7.83. The summed E-state index contributed by atoms with van der Waals surface area (Å²) in [7, 11) is 0. The van der Waals surface area contributed by atoms with Crippen LogP contribution in [0.5, 0.6) is 0 Å². The van der Waals surface area contributed by atoms with Crippen molar-refractivity contribution in [3.05, 3.63) is 0 Å². The van der Waals surface area contributed by atoms with Crippen molar-refractivity contribution in [2.24, 2.45) is 5.92 Å². The van der Waals surface area contributed by atoms with E-state index in [-0.39, 0.29) is 0 Å². The van der Waals surface area contributed by atoms with Gasteiger partial charge in [-0.05, 0) is 44.9 Å². The van der Waals surface area contributed by atoms with Crippen molar-refractivity contribution in [3.8, 4) is 0 Å². The summed E-state index contributed by atoms with van der Waals surface area (Å²) in [5.74, 6) is 0.911. The van der Waals surface area contributed by atoms with Crippen molar-refractivity contribution in [2.75, 3.05) is 26.2 Å². The van der Waals surface area contributed by atoms with Crippen molar-refractivity contribution in [1.82, 2.24) is 10.2 Å². The van der Waals surface area contributed by atoms with Crippen molar-refractivity contribution >= 4 is 0 Å². The number of piperazine rings is 1. The summed E-state index contributed by atoms with van der Waals surface area (Å²) in [6.07, 6.45) is 11.5. The predicted molar refractivity (Wildman–Crippen MR) is 87.6 cm³/mol. The van der Waals surface area contributed by atoms with Gasteiger partial charge < -0.3 is 10.1 Å². The summed E-state index contributed by atoms with van der Waals surface area (Å²) in [6.45, 7) is 9.24. The van der Waals surface area contributed by atoms with E-state index in [9.17, 15) is 0 Å². The number of ether oxygens (including phenoxy) is 1. The maximum atomic E-state index is 5.93. The third-order valence-corrected chi connectivity index (χ3v) is 6.20. The topological polar surface area (TPSA) is 24.5 Å². The molecule has 122 valence electrons. The van der Waals surface area contributed by atoms with Crippen LogP contribution in [0.25, 0.3) is 0 Å². The van der Waals surface area contributed by atoms with E-state index in [0.717, 1.165) is 18.6 Å². The summed E-state index contributed by atoms with van der Waals surface area (Å²) in [5.41, 5.74) is 0.295. The SMILES string of the molecule is CCC1(C)CN(CC2CCCO2)C(C2CCCCC2)CN1. The van der Waals surface area contributed by atoms with Crippen molar-refractivity contribution < 1.29 is 4.74 Å². The molecule has 3 heteroatoms. The molecule has 3 nitrogen and oxygen atoms in total. The van der Waals surface area contributed by atoms with Gasteiger partial charge in [0, 0.05) is 37.8 Å². The van der Waals surface area contributed by atoms with Gasteiger partial charge in [-0.25, -0.2) is 0 Å². The van der Waals surface area contributed by atoms with Crippen LogP contribution in [0.3, 0.4) is 0 Å². The molecule has 21 heavy (non-hydrogen) atoms. The fourth-order valence-corrected chi connectivity index (χ4v) is 4.57. The quantitative estimate of drug-likeness (QED) is 0.862. The Morgan fingerprint density at radius 3 is 2.62 bits per heavy atom. The van der Waals surface area contributed by atoms with E-state index in [0.29, 0.717) is 11.6 Å². The Labute approximate surface area is 130 Å². The lowest BCUT2D eigenvalue weighted by atomic mass is 9.80. The molecule has 2 aliphatic heterocycles. The Kier molecular flexibility index (Phi) is 5.23. The molecule has 0 radical (unpaired) electrons. The van der Waals surface area contributed by atoms with Crippen LogP contribution >= 0.6 is 0 Å². The number of hydrogen-bond acceptors (Lipinski definition) is 3. The fraction of sp³-hybridized carbons (Fsp3) is 1.00. The first-order valence-electron chi connectivity index (χ1n) is 9.31. The first-order valence-corrected chi connectivity index (χ1v) is 9.31. The van der Waals surface area contributed by atoms with Crippen LogP contribution in [0.2, 0.25) is 0 Å². The molecule has 1 aliphatic carbocycles. The number of rotatable bonds is 4. The lowest BCUT2D eigenvalue weighted by Gasteiger charge is -2.50. The number of nitrogens with zero attached hydrogens (tertiary/aromatic N) is 1. The Hall–Kier alpha value is -0.120. The van der Waals surface area contributed by atoms with Gasteiger partial charge in [0.15, 0.2) is 0 Å². The highest BCUT2D eigenvalue weighted by Crippen LogP contribution is 2.32. The predicted octanol–water partition coefficient (Wildman–Crippen LogP) is 3.19. The van der Waals surface area contributed by atoms with Gasteiger partial charge in [-0.3, -0.25) is 4.90 Å². The molecular weight excluding hydrogens is 260 g/mol. The molecule has 1 N–H and O–H groups in total. The van der Waals surface area contributed by atoms with Crippen LogP contribution in [-0.2, 0) is 4.74 Å². The second kappa shape index (κ2) is 6.97. The highest BCUT2D eigenvalue weighted by Gasteiger charge is 2.39. The monoisotopic (exact) mass is 294 g/mol. The Morgan fingerprint density at radius 1 is 1.14 bits per heavy atom. The van der Waals surface area contributed by atoms with Crippen molar-refractivity contribution in [2.45, 2.75) is 82.9 Å². The molecule has 0 spiro atoms. The van der Waals surface area contributed by atoms with Crippen LogP contribution in [0.15, 0.2) is 0 Å². The summed E-state index contributed by atoms with van der Waals surface area (Å²) in [4.78, 5) is 2.80. The third kappa shape index (κ3) is 3.80. The minimum Gasteiger partial charge on any atom is -0.377 e. The van der Waals surface area contributed by atoms with Crippen molar-refractivity contribution in [3.63, 3.8) is 0 Å². The molecule has 0 amide bonds. The molecule has 0 aromatic rings. The van der Waals surface area contributed by atoms with Gasteiger partial charge in [0.2, 0.25) is 0 Å². The normalized spacial score (nSPS) is 39.7. The average Bonchev–Trinajstić information content (AvgIpc) is 3.01. The van der Waals surface area contributed by atoms with Crippen LogP contribution < -0.4 is 5.32 Å². The molecule has 0 bridgehead atoms. The highest BCUT2D eigenvalue weighted by molar-refractivity contribution is 4.97. The largest absolute Gasteiger partial charge is 0.377 e. The molecule has 3 unspecified atom stereocenters. The molecule has 2 saturated heterocycles. The Morgan fingerprint density at radius 2 is 1.95 bits per heavy atom. The molecule has 3 atom stereocenters. The molecule has 3 fully saturated rings. The van der Waals surface area contributed by atoms with Crippen LogP contribution in [0.4, 0.5) is 0 Å². The average molecular weight is 294 g/mol. The highest BCUT2D eigenvalue weighted by atomic mass is 16.5. The van der Waals surface area contributed by atoms with E-state index in [1.165, 1.54) is 71.0 Å². The molecule has 2 heterocycles. The van der Waals surface area contributed by atoms with Gasteiger partial charge in [-0.2, -0.15) is 0 Å². The number of hydrogen-bond donors (Lipinski definition) is 1. The summed E-state index contributed by atoms with van der Waals surface area (Å²) in [5, 5.41) is 3.86. The van der Waals surface area contributed by atoms with Crippen LogP contribution in [0, 0.1) is 5.92 Å². The zero-order chi connectivity index (χ0) is 14.7. The smallest absolute Gasteiger partial charge is 0.0702 e. The molecule has 3 rings (SSSR count). The van der Waals surface area contributed by atoms with Crippen LogP contribution in [-0.4, -0.2) is 48.8 Å². The van der Waals surface area contributed by atoms with E-state index < -0.39 is 0 Å². The maximum absolute atomic E-state index is 5.93. The van der Waals surface area contributed by atoms with Crippen molar-refractivity contribution in [1.29, 1.82) is 0 Å². The zero-order valence-corrected chi connectivity index (χ0v) is 14.1. The van der Waals surface area contributed by atoms with Gasteiger partial charge in [0.05, 0.1) is 6.10 Å². The van der Waals surface area contributed by atoms with Gasteiger partial charge in [-0.1, -0.05) is 26.2 Å². The van der Waals surface area contributed by atoms with E-state index in [1.54, 1.807) is 0 Å². The number of nitrogens with one attached hydrogen (secondary N) is 1. The summed E-state index contributed by atoms with van der Waals surface area (Å²) in [6, 6.07) is 0.745. The van der Waals surface area contributed by atoms with E-state index >= 15 is 0 Å². The van der Waals surface area contributed by atoms with Crippen LogP contribution in [0.1, 0.15) is 65.2 Å². The molecule has 0 aromatic carbocycles. The lowest BCUT2D eigenvalue weighted by molar-refractivity contribution is -0.00180. The first-order chi connectivity index (χ1) is 10.2. The van der Waals surface area contributed by atoms with Gasteiger partial charge >= 0.3 is 0 Å². The minimum absolute atomic E-state index is 0.295. The molecule has 1 saturated carbocycles. The third-order valence-electron chi connectivity index (χ3n) is 6.20. The maximum Gasteiger partial charge on any atom is 0.0702 e. The van der Waals surface area contributed by atoms with E-state index in [4.69, 9.17) is 4.74 Å². The molecule has 0 aromatic heterocycles. The van der Waals surface area contributed by atoms with Gasteiger partial charge in [-0.15, -0.1) is 0 Å². The Balaban J connectivity index is 1.66. The zero-order valence-electron chi connectivity index (χ0n) is 14.1. The summed E-state index contributed by atoms with van der Waals surface area (Å²) >= 11 is 0. The standard InChI is InChI=1S/C18H34N2O/c1-3-18(2)14-20(13-16-10-7-11-21-16)17(12-19-18)15-8-5-4-6-9-15/h15-17,19H,3-14H2,1-2H3. The first kappa shape index (κ1) is 15.8. The van der Waals surface area contributed by atoms with Gasteiger partial charge in [0.1, 0.15) is 0 Å². The lowest BCUT2D eigenvalue weighted by Crippen LogP contribution is -2.65. The Bertz CT molecular complexity index is 323. The van der Waals surface area contributed by atoms with Gasteiger partial charge in [0.25, 0.3) is 0 Å². The minimum atomic E-state index is 0.295. The molecular formula is C18H34N2O. The van der Waals surface area contributed by atoms with E-state index in [2.05, 4.69) is 24.1 Å². The fourth-order valence-electron chi connectivity index (χ4n) is 4.57. The second-order valence-corrected chi connectivity index (χ2v) is 7.83. The summed E-state index contributed by atoms with van der Waals surface area (Å²) < 4.78 is 5.93. The molecule has 3 aliphatic rings. The van der Waals surface area contributed by atoms with E-state index in [1.807, 2.05) is 0 Å².